The van der Waals surface area contributed by atoms with Crippen LogP contribution in [0.2, 0.25) is 10.0 Å². The molecule has 0 aliphatic carbocycles. The molecule has 20 heavy (non-hydrogen) atoms. The van der Waals surface area contributed by atoms with E-state index in [0.29, 0.717) is 28.8 Å². The Morgan fingerprint density at radius 1 is 1.25 bits per heavy atom. The molecule has 1 atom stereocenters. The van der Waals surface area contributed by atoms with Crippen molar-refractivity contribution in [3.8, 4) is 0 Å². The van der Waals surface area contributed by atoms with Crippen LogP contribution in [0.4, 0.5) is 0 Å². The van der Waals surface area contributed by atoms with Gasteiger partial charge in [0.15, 0.2) is 5.78 Å². The Hall–Kier alpha value is -0.610. The number of carbonyl (C=O) groups is 1. The maximum atomic E-state index is 12.1. The molecule has 0 aromatic heterocycles. The summed E-state index contributed by atoms with van der Waals surface area (Å²) >= 11 is 11.8. The highest BCUT2D eigenvalue weighted by molar-refractivity contribution is 6.37. The molecule has 0 bridgehead atoms. The summed E-state index contributed by atoms with van der Waals surface area (Å²) in [6.07, 6.45) is 1.59. The summed E-state index contributed by atoms with van der Waals surface area (Å²) in [5.74, 6) is -0.153. The number of Topliss-reactive ketones (excluding diaryl/α,β-unsaturated/α-hetero) is 1. The van der Waals surface area contributed by atoms with Crippen molar-refractivity contribution < 1.29 is 14.3 Å². The molecule has 0 amide bonds. The summed E-state index contributed by atoms with van der Waals surface area (Å²) in [5.41, 5.74) is 0.426. The van der Waals surface area contributed by atoms with Gasteiger partial charge in [-0.1, -0.05) is 36.5 Å². The Labute approximate surface area is 130 Å². The topological polar surface area (TPSA) is 35.5 Å². The van der Waals surface area contributed by atoms with Gasteiger partial charge in [-0.15, -0.1) is 0 Å². The fourth-order valence-electron chi connectivity index (χ4n) is 1.62. The lowest BCUT2D eigenvalue weighted by atomic mass is 10.1. The molecule has 0 N–H and O–H groups in total. The quantitative estimate of drug-likeness (QED) is 0.500. The van der Waals surface area contributed by atoms with E-state index in [0.717, 1.165) is 19.4 Å². The molecule has 0 saturated heterocycles. The number of ether oxygens (including phenoxy) is 2. The Morgan fingerprint density at radius 3 is 2.65 bits per heavy atom. The van der Waals surface area contributed by atoms with Crippen molar-refractivity contribution in [2.24, 2.45) is 0 Å². The molecular weight excluding hydrogens is 299 g/mol. The Bertz CT molecular complexity index is 435. The molecule has 1 aromatic carbocycles. The van der Waals surface area contributed by atoms with E-state index in [1.165, 1.54) is 0 Å². The van der Waals surface area contributed by atoms with Crippen LogP contribution in [0.15, 0.2) is 18.2 Å². The number of rotatable bonds is 9. The van der Waals surface area contributed by atoms with Crippen molar-refractivity contribution in [1.82, 2.24) is 0 Å². The highest BCUT2D eigenvalue weighted by Crippen LogP contribution is 2.22. The van der Waals surface area contributed by atoms with Gasteiger partial charge in [0.05, 0.1) is 18.2 Å². The predicted octanol–water partition coefficient (Wildman–Crippen LogP) is 4.40. The number of ketones is 1. The van der Waals surface area contributed by atoms with Crippen LogP contribution < -0.4 is 0 Å². The third-order valence-electron chi connectivity index (χ3n) is 2.80. The third kappa shape index (κ3) is 5.80. The zero-order chi connectivity index (χ0) is 15.0. The van der Waals surface area contributed by atoms with E-state index in [1.54, 1.807) is 25.1 Å². The van der Waals surface area contributed by atoms with Gasteiger partial charge < -0.3 is 9.47 Å². The summed E-state index contributed by atoms with van der Waals surface area (Å²) < 4.78 is 10.8. The van der Waals surface area contributed by atoms with Crippen molar-refractivity contribution >= 4 is 29.0 Å². The zero-order valence-electron chi connectivity index (χ0n) is 11.8. The number of carbonyl (C=O) groups excluding carboxylic acids is 1. The minimum absolute atomic E-state index is 0.153. The number of hydrogen-bond donors (Lipinski definition) is 0. The maximum Gasteiger partial charge on any atom is 0.192 e. The summed E-state index contributed by atoms with van der Waals surface area (Å²) in [6, 6.07) is 4.81. The van der Waals surface area contributed by atoms with Gasteiger partial charge in [-0.2, -0.15) is 0 Å². The molecule has 112 valence electrons. The highest BCUT2D eigenvalue weighted by Gasteiger charge is 2.18. The Morgan fingerprint density at radius 2 is 2.00 bits per heavy atom. The van der Waals surface area contributed by atoms with Gasteiger partial charge in [0, 0.05) is 17.2 Å². The van der Waals surface area contributed by atoms with Crippen LogP contribution in [0.25, 0.3) is 0 Å². The van der Waals surface area contributed by atoms with Gasteiger partial charge in [-0.25, -0.2) is 0 Å². The Balaban J connectivity index is 2.39. The van der Waals surface area contributed by atoms with Crippen LogP contribution in [0.3, 0.4) is 0 Å². The maximum absolute atomic E-state index is 12.1. The van der Waals surface area contributed by atoms with Crippen molar-refractivity contribution in [1.29, 1.82) is 0 Å². The van der Waals surface area contributed by atoms with E-state index >= 15 is 0 Å². The Kier molecular flexibility index (Phi) is 8.15. The second kappa shape index (κ2) is 9.35. The van der Waals surface area contributed by atoms with Crippen molar-refractivity contribution in [2.45, 2.75) is 32.8 Å². The molecule has 0 saturated carbocycles. The molecule has 0 heterocycles. The number of hydrogen-bond acceptors (Lipinski definition) is 3. The molecule has 0 aliphatic heterocycles. The fraction of sp³-hybridized carbons (Fsp3) is 0.533. The van der Waals surface area contributed by atoms with Crippen LogP contribution in [-0.4, -0.2) is 31.7 Å². The van der Waals surface area contributed by atoms with Gasteiger partial charge in [-0.3, -0.25) is 4.79 Å². The van der Waals surface area contributed by atoms with Crippen molar-refractivity contribution in [2.75, 3.05) is 19.8 Å². The molecule has 1 unspecified atom stereocenters. The molecule has 0 fully saturated rings. The molecule has 1 rings (SSSR count). The first kappa shape index (κ1) is 17.4. The van der Waals surface area contributed by atoms with Crippen LogP contribution in [-0.2, 0) is 9.47 Å². The van der Waals surface area contributed by atoms with Crippen LogP contribution >= 0.6 is 23.2 Å². The van der Waals surface area contributed by atoms with Crippen LogP contribution in [0.1, 0.15) is 37.0 Å². The predicted molar refractivity (Wildman–Crippen MR) is 81.9 cm³/mol. The molecule has 0 aliphatic rings. The lowest BCUT2D eigenvalue weighted by molar-refractivity contribution is 0.0144. The normalized spacial score (nSPS) is 12.4. The third-order valence-corrected chi connectivity index (χ3v) is 3.35. The number of unbranched alkanes of at least 4 members (excludes halogenated alkanes) is 1. The monoisotopic (exact) mass is 318 g/mol. The van der Waals surface area contributed by atoms with E-state index < -0.39 is 6.10 Å². The first-order valence-corrected chi connectivity index (χ1v) is 7.50. The molecule has 0 radical (unpaired) electrons. The van der Waals surface area contributed by atoms with E-state index in [1.807, 2.05) is 0 Å². The minimum Gasteiger partial charge on any atom is -0.379 e. The van der Waals surface area contributed by atoms with E-state index in [9.17, 15) is 4.79 Å². The summed E-state index contributed by atoms with van der Waals surface area (Å²) in [4.78, 5) is 12.1. The fourth-order valence-corrected chi connectivity index (χ4v) is 2.12. The summed E-state index contributed by atoms with van der Waals surface area (Å²) in [7, 11) is 0. The summed E-state index contributed by atoms with van der Waals surface area (Å²) in [5, 5.41) is 0.849. The minimum atomic E-state index is -0.552. The van der Waals surface area contributed by atoms with Gasteiger partial charge in [-0.05, 0) is 31.5 Å². The first-order valence-electron chi connectivity index (χ1n) is 6.74. The van der Waals surface area contributed by atoms with E-state index in [2.05, 4.69) is 6.92 Å². The summed E-state index contributed by atoms with van der Waals surface area (Å²) in [6.45, 7) is 5.43. The zero-order valence-corrected chi connectivity index (χ0v) is 13.3. The molecular formula is C15H20Cl2O3. The van der Waals surface area contributed by atoms with Gasteiger partial charge in [0.2, 0.25) is 0 Å². The molecule has 1 aromatic rings. The van der Waals surface area contributed by atoms with Gasteiger partial charge >= 0.3 is 0 Å². The van der Waals surface area contributed by atoms with Crippen molar-refractivity contribution in [3.63, 3.8) is 0 Å². The van der Waals surface area contributed by atoms with Crippen LogP contribution in [0, 0.1) is 0 Å². The lowest BCUT2D eigenvalue weighted by Crippen LogP contribution is -2.23. The number of halogens is 2. The lowest BCUT2D eigenvalue weighted by Gasteiger charge is -2.13. The van der Waals surface area contributed by atoms with Gasteiger partial charge in [0.1, 0.15) is 6.10 Å². The average molecular weight is 319 g/mol. The van der Waals surface area contributed by atoms with Crippen molar-refractivity contribution in [3.05, 3.63) is 33.8 Å². The van der Waals surface area contributed by atoms with E-state index in [4.69, 9.17) is 32.7 Å². The standard InChI is InChI=1S/C15H20Cl2O3/c1-3-4-7-19-8-9-20-11(2)15(18)13-6-5-12(16)10-14(13)17/h5-6,10-11H,3-4,7-9H2,1-2H3. The molecule has 0 spiro atoms. The average Bonchev–Trinajstić information content (AvgIpc) is 2.41. The smallest absolute Gasteiger partial charge is 0.192 e. The van der Waals surface area contributed by atoms with Crippen LogP contribution in [0.5, 0.6) is 0 Å². The second-order valence-corrected chi connectivity index (χ2v) is 5.31. The SMILES string of the molecule is CCCCOCCOC(C)C(=O)c1ccc(Cl)cc1Cl. The molecule has 5 heteroatoms. The largest absolute Gasteiger partial charge is 0.379 e. The van der Waals surface area contributed by atoms with Gasteiger partial charge in [0.25, 0.3) is 0 Å². The number of benzene rings is 1. The molecule has 3 nitrogen and oxygen atoms in total. The van der Waals surface area contributed by atoms with E-state index in [-0.39, 0.29) is 5.78 Å². The highest BCUT2D eigenvalue weighted by atomic mass is 35.5. The first-order chi connectivity index (χ1) is 9.56. The second-order valence-electron chi connectivity index (χ2n) is 4.47.